The van der Waals surface area contributed by atoms with E-state index in [0.717, 1.165) is 36.7 Å². The lowest BCUT2D eigenvalue weighted by molar-refractivity contribution is -0.678. The molecule has 0 fully saturated rings. The molecule has 6 rings (SSSR count). The van der Waals surface area contributed by atoms with Crippen molar-refractivity contribution in [1.29, 1.82) is 0 Å². The molecule has 0 aliphatic rings. The van der Waals surface area contributed by atoms with Crippen LogP contribution in [-0.2, 0) is 19.6 Å². The van der Waals surface area contributed by atoms with Crippen LogP contribution in [-0.4, -0.2) is 0 Å². The van der Waals surface area contributed by atoms with Crippen molar-refractivity contribution in [2.24, 2.45) is 0 Å². The van der Waals surface area contributed by atoms with Crippen molar-refractivity contribution in [3.8, 4) is 0 Å². The van der Waals surface area contributed by atoms with Gasteiger partial charge in [0, 0.05) is 76.4 Å². The van der Waals surface area contributed by atoms with E-state index in [9.17, 15) is 0 Å². The van der Waals surface area contributed by atoms with Crippen molar-refractivity contribution in [2.75, 3.05) is 17.2 Å². The quantitative estimate of drug-likeness (QED) is 0.0314. The van der Waals surface area contributed by atoms with E-state index in [-0.39, 0.29) is 71.9 Å². The Morgan fingerprint density at radius 2 is 0.507 bits per heavy atom. The largest absolute Gasteiger partial charge is 1.00 e. The number of nitrogen functional groups attached to an aromatic ring is 3. The summed E-state index contributed by atoms with van der Waals surface area (Å²) in [4.78, 5) is 0. The Labute approximate surface area is 471 Å². The number of hydrogen-bond donors (Lipinski definition) is 3. The highest BCUT2D eigenvalue weighted by Crippen LogP contribution is 2.22. The minimum Gasteiger partial charge on any atom is -1.00 e. The van der Waals surface area contributed by atoms with Crippen LogP contribution in [0.25, 0.3) is 32.7 Å². The fourth-order valence-electron chi connectivity index (χ4n) is 9.67. The van der Waals surface area contributed by atoms with E-state index in [1.54, 1.807) is 0 Å². The van der Waals surface area contributed by atoms with Gasteiger partial charge in [0.1, 0.15) is 19.6 Å². The fourth-order valence-corrected chi connectivity index (χ4v) is 9.67. The molecule has 0 saturated heterocycles. The zero-order valence-corrected chi connectivity index (χ0v) is 50.4. The number of nitrogens with two attached hydrogens (primary N) is 3. The van der Waals surface area contributed by atoms with Gasteiger partial charge in [0.2, 0.25) is 16.6 Å². The highest BCUT2D eigenvalue weighted by Gasteiger charge is 2.17. The highest BCUT2D eigenvalue weighted by atomic mass is 127. The number of nitrogens with zero attached hydrogens (tertiary/aromatic N) is 3. The zero-order chi connectivity index (χ0) is 47.4. The number of pyridine rings is 3. The molecule has 6 N–H and O–H groups in total. The predicted octanol–water partition coefficient (Wildman–Crippen LogP) is 6.49. The van der Waals surface area contributed by atoms with E-state index in [1.165, 1.54) is 204 Å². The van der Waals surface area contributed by atoms with Gasteiger partial charge in [-0.25, -0.2) is 0 Å². The third-order valence-corrected chi connectivity index (χ3v) is 13.6. The zero-order valence-electron chi connectivity index (χ0n) is 44.0. The Kier molecular flexibility index (Phi) is 35.7. The van der Waals surface area contributed by atoms with Gasteiger partial charge in [-0.1, -0.05) is 173 Å². The van der Waals surface area contributed by atoms with E-state index in [4.69, 9.17) is 17.2 Å². The van der Waals surface area contributed by atoms with Crippen molar-refractivity contribution >= 4 is 49.8 Å². The summed E-state index contributed by atoms with van der Waals surface area (Å²) in [5.41, 5.74) is 28.7. The van der Waals surface area contributed by atoms with E-state index in [2.05, 4.69) is 146 Å². The van der Waals surface area contributed by atoms with Gasteiger partial charge in [0.15, 0.2) is 17.1 Å². The topological polar surface area (TPSA) is 89.7 Å². The summed E-state index contributed by atoms with van der Waals surface area (Å²) in [6.45, 7) is 16.6. The maximum absolute atomic E-state index is 6.15. The molecule has 0 bridgehead atoms. The van der Waals surface area contributed by atoms with Crippen LogP contribution in [0.4, 0.5) is 17.1 Å². The van der Waals surface area contributed by atoms with Gasteiger partial charge in [-0.05, 0) is 37.5 Å². The third-order valence-electron chi connectivity index (χ3n) is 13.6. The summed E-state index contributed by atoms with van der Waals surface area (Å²) in [7, 11) is 0. The van der Waals surface area contributed by atoms with Crippen molar-refractivity contribution in [3.05, 3.63) is 108 Å². The van der Waals surface area contributed by atoms with Crippen LogP contribution in [0.15, 0.2) is 91.0 Å². The van der Waals surface area contributed by atoms with E-state index >= 15 is 0 Å². The lowest BCUT2D eigenvalue weighted by Crippen LogP contribution is -3.00. The Morgan fingerprint density at radius 3 is 0.739 bits per heavy atom. The van der Waals surface area contributed by atoms with Crippen molar-refractivity contribution in [1.82, 2.24) is 0 Å². The monoisotopic (exact) mass is 1280 g/mol. The first-order valence-electron chi connectivity index (χ1n) is 26.7. The minimum atomic E-state index is 0. The van der Waals surface area contributed by atoms with Crippen LogP contribution in [0.3, 0.4) is 0 Å². The van der Waals surface area contributed by atoms with Gasteiger partial charge in [-0.2, -0.15) is 13.7 Å². The number of aromatic nitrogens is 3. The van der Waals surface area contributed by atoms with Gasteiger partial charge in [-0.15, -0.1) is 0 Å². The SMILES string of the molecule is CCCCCCCCCC[n+]1c(C)cc(N)c2ccccc21.CCCCCCCCCC[n+]1c(C)cc(N)c2ccccc21.CCCCCCCCCC[n+]1c(C)cc(N)c2ccccc21.[I-].[I-].[I-]. The number of para-hydroxylation sites is 3. The summed E-state index contributed by atoms with van der Waals surface area (Å²) in [5, 5.41) is 3.52. The van der Waals surface area contributed by atoms with Gasteiger partial charge in [0.05, 0.1) is 33.2 Å². The second kappa shape index (κ2) is 38.1. The average molecular weight is 1280 g/mol. The van der Waals surface area contributed by atoms with Gasteiger partial charge >= 0.3 is 0 Å². The third kappa shape index (κ3) is 22.4. The molecule has 0 unspecified atom stereocenters. The molecule has 0 saturated carbocycles. The Morgan fingerprint density at radius 1 is 0.304 bits per heavy atom. The van der Waals surface area contributed by atoms with Gasteiger partial charge in [-0.3, -0.25) is 0 Å². The number of anilines is 3. The minimum absolute atomic E-state index is 0. The number of aryl methyl sites for hydroxylation is 6. The second-order valence-electron chi connectivity index (χ2n) is 19.2. The van der Waals surface area contributed by atoms with Crippen LogP contribution in [0.2, 0.25) is 0 Å². The fraction of sp³-hybridized carbons (Fsp3) is 0.550. The molecule has 3 aromatic heterocycles. The number of fused-ring (bicyclic) bond motifs is 3. The molecule has 0 amide bonds. The first kappa shape index (κ1) is 64.5. The molecular weight excluding hydrogens is 1190 g/mol. The summed E-state index contributed by atoms with van der Waals surface area (Å²) < 4.78 is 7.26. The Balaban J connectivity index is 0.000000506. The first-order chi connectivity index (χ1) is 32.2. The molecule has 0 spiro atoms. The maximum Gasteiger partial charge on any atom is 0.214 e. The average Bonchev–Trinajstić information content (AvgIpc) is 3.32. The Bertz CT molecular complexity index is 2040. The molecule has 3 heterocycles. The molecule has 69 heavy (non-hydrogen) atoms. The lowest BCUT2D eigenvalue weighted by Gasteiger charge is -2.07. The van der Waals surface area contributed by atoms with E-state index < -0.39 is 0 Å². The smallest absolute Gasteiger partial charge is 0.214 e. The lowest BCUT2D eigenvalue weighted by atomic mass is 10.1. The predicted molar refractivity (Wildman–Crippen MR) is 288 cm³/mol. The number of unbranched alkanes of at least 4 members (excludes halogenated alkanes) is 21. The molecule has 0 aliphatic heterocycles. The van der Waals surface area contributed by atoms with Crippen LogP contribution < -0.4 is 103 Å². The van der Waals surface area contributed by atoms with Gasteiger partial charge < -0.3 is 89.1 Å². The number of rotatable bonds is 27. The molecular formula is C60H93I3N6. The molecule has 0 aliphatic carbocycles. The molecule has 9 heteroatoms. The second-order valence-corrected chi connectivity index (χ2v) is 19.2. The van der Waals surface area contributed by atoms with Crippen LogP contribution >= 0.6 is 0 Å². The maximum atomic E-state index is 6.15. The van der Waals surface area contributed by atoms with E-state index in [1.807, 2.05) is 0 Å². The summed E-state index contributed by atoms with van der Waals surface area (Å²) in [6, 6.07) is 31.7. The molecule has 0 atom stereocenters. The molecule has 6 aromatic rings. The Hall–Kier alpha value is -2.52. The number of halogens is 3. The molecule has 3 aromatic carbocycles. The summed E-state index contributed by atoms with van der Waals surface area (Å²) in [5.74, 6) is 0. The van der Waals surface area contributed by atoms with Crippen molar-refractivity contribution < 1.29 is 85.6 Å². The normalized spacial score (nSPS) is 10.7. The number of hydrogen-bond acceptors (Lipinski definition) is 3. The van der Waals surface area contributed by atoms with Crippen LogP contribution in [0.5, 0.6) is 0 Å². The first-order valence-corrected chi connectivity index (χ1v) is 26.7. The standard InChI is InChI=1S/3C20H30N2.3HI/c3*1-3-4-5-6-7-8-9-12-15-22-17(2)16-19(21)18-13-10-11-14-20(18)22;;;/h3*10-11,13-14,16,21H,3-9,12,15H2,1-2H3;3*1H. The number of benzene rings is 3. The summed E-state index contributed by atoms with van der Waals surface area (Å²) >= 11 is 0. The van der Waals surface area contributed by atoms with Crippen molar-refractivity contribution in [3.63, 3.8) is 0 Å². The summed E-state index contributed by atoms with van der Waals surface area (Å²) in [6.07, 6.45) is 32.7. The van der Waals surface area contributed by atoms with E-state index in [0.29, 0.717) is 0 Å². The molecule has 6 nitrogen and oxygen atoms in total. The van der Waals surface area contributed by atoms with Crippen molar-refractivity contribution in [2.45, 2.75) is 215 Å². The highest BCUT2D eigenvalue weighted by molar-refractivity contribution is 5.89. The van der Waals surface area contributed by atoms with Gasteiger partial charge in [0.25, 0.3) is 0 Å². The molecule has 0 radical (unpaired) electrons. The van der Waals surface area contributed by atoms with Crippen LogP contribution in [0.1, 0.15) is 192 Å². The molecule has 384 valence electrons. The van der Waals surface area contributed by atoms with Crippen LogP contribution in [0, 0.1) is 20.8 Å².